The van der Waals surface area contributed by atoms with Gasteiger partial charge in [-0.15, -0.1) is 0 Å². The highest BCUT2D eigenvalue weighted by Crippen LogP contribution is 2.14. The van der Waals surface area contributed by atoms with Gasteiger partial charge in [0.2, 0.25) is 5.91 Å². The predicted octanol–water partition coefficient (Wildman–Crippen LogP) is 1.50. The lowest BCUT2D eigenvalue weighted by Gasteiger charge is -2.04. The standard InChI is InChI=1S/C11H9FN2O3/c12-9-2-1-8(5-7(9)6-13)14-10(15)3-4-11(16)17/h1-2,5H,3-4H2,(H,14,15)(H,16,17). The predicted molar refractivity (Wildman–Crippen MR) is 56.6 cm³/mol. The van der Waals surface area contributed by atoms with E-state index in [9.17, 15) is 14.0 Å². The lowest BCUT2D eigenvalue weighted by atomic mass is 10.2. The first-order chi connectivity index (χ1) is 8.02. The van der Waals surface area contributed by atoms with Gasteiger partial charge in [0.25, 0.3) is 0 Å². The molecule has 0 saturated carbocycles. The summed E-state index contributed by atoms with van der Waals surface area (Å²) in [5.41, 5.74) is 0.0828. The van der Waals surface area contributed by atoms with Crippen LogP contribution in [0.15, 0.2) is 18.2 Å². The number of nitriles is 1. The van der Waals surface area contributed by atoms with Crippen molar-refractivity contribution in [3.8, 4) is 6.07 Å². The maximum absolute atomic E-state index is 12.9. The molecule has 1 aromatic carbocycles. The molecule has 0 atom stereocenters. The Kier molecular flexibility index (Phi) is 4.17. The Morgan fingerprint density at radius 3 is 2.71 bits per heavy atom. The zero-order valence-electron chi connectivity index (χ0n) is 8.74. The number of carbonyl (C=O) groups excluding carboxylic acids is 1. The normalized spacial score (nSPS) is 9.41. The molecule has 5 nitrogen and oxygen atoms in total. The minimum Gasteiger partial charge on any atom is -0.481 e. The van der Waals surface area contributed by atoms with Crippen LogP contribution in [0.5, 0.6) is 0 Å². The molecular formula is C11H9FN2O3. The summed E-state index contributed by atoms with van der Waals surface area (Å²) in [6, 6.07) is 5.19. The second kappa shape index (κ2) is 5.61. The largest absolute Gasteiger partial charge is 0.481 e. The van der Waals surface area contributed by atoms with E-state index in [1.54, 1.807) is 6.07 Å². The van der Waals surface area contributed by atoms with Crippen molar-refractivity contribution in [3.05, 3.63) is 29.6 Å². The van der Waals surface area contributed by atoms with E-state index in [0.29, 0.717) is 0 Å². The third-order valence-corrected chi connectivity index (χ3v) is 1.94. The van der Waals surface area contributed by atoms with Crippen LogP contribution in [-0.4, -0.2) is 17.0 Å². The van der Waals surface area contributed by atoms with Gasteiger partial charge in [0.05, 0.1) is 12.0 Å². The van der Waals surface area contributed by atoms with Crippen molar-refractivity contribution in [2.24, 2.45) is 0 Å². The minimum absolute atomic E-state index is 0.172. The zero-order valence-corrected chi connectivity index (χ0v) is 8.74. The zero-order chi connectivity index (χ0) is 12.8. The smallest absolute Gasteiger partial charge is 0.303 e. The highest BCUT2D eigenvalue weighted by molar-refractivity contribution is 5.92. The van der Waals surface area contributed by atoms with E-state index in [2.05, 4.69) is 5.32 Å². The number of amides is 1. The van der Waals surface area contributed by atoms with Gasteiger partial charge in [-0.1, -0.05) is 0 Å². The molecule has 0 fully saturated rings. The Hall–Kier alpha value is -2.42. The van der Waals surface area contributed by atoms with Crippen LogP contribution in [0.2, 0.25) is 0 Å². The number of carboxylic acids is 1. The number of halogens is 1. The van der Waals surface area contributed by atoms with E-state index in [-0.39, 0.29) is 24.1 Å². The first-order valence-electron chi connectivity index (χ1n) is 4.74. The van der Waals surface area contributed by atoms with Gasteiger partial charge in [-0.05, 0) is 18.2 Å². The van der Waals surface area contributed by atoms with E-state index < -0.39 is 17.7 Å². The second-order valence-electron chi connectivity index (χ2n) is 3.25. The van der Waals surface area contributed by atoms with E-state index in [0.717, 1.165) is 6.07 Å². The molecule has 1 rings (SSSR count). The summed E-state index contributed by atoms with van der Waals surface area (Å²) in [4.78, 5) is 21.5. The van der Waals surface area contributed by atoms with Gasteiger partial charge >= 0.3 is 5.97 Å². The van der Waals surface area contributed by atoms with Crippen LogP contribution in [0.1, 0.15) is 18.4 Å². The van der Waals surface area contributed by atoms with Crippen LogP contribution in [0, 0.1) is 17.1 Å². The minimum atomic E-state index is -1.07. The molecule has 0 aliphatic carbocycles. The van der Waals surface area contributed by atoms with E-state index in [1.165, 1.54) is 12.1 Å². The Bertz CT molecular complexity index is 494. The molecule has 0 radical (unpaired) electrons. The Balaban J connectivity index is 2.66. The first kappa shape index (κ1) is 12.6. The lowest BCUT2D eigenvalue weighted by molar-refractivity contribution is -0.138. The van der Waals surface area contributed by atoms with Gasteiger partial charge in [0.1, 0.15) is 11.9 Å². The molecule has 0 saturated heterocycles. The molecule has 2 N–H and O–H groups in total. The second-order valence-corrected chi connectivity index (χ2v) is 3.25. The molecule has 88 valence electrons. The third kappa shape index (κ3) is 3.91. The van der Waals surface area contributed by atoms with Crippen LogP contribution in [0.25, 0.3) is 0 Å². The molecule has 0 bridgehead atoms. The molecule has 0 heterocycles. The van der Waals surface area contributed by atoms with Crippen molar-refractivity contribution in [3.63, 3.8) is 0 Å². The van der Waals surface area contributed by atoms with Crippen molar-refractivity contribution in [2.75, 3.05) is 5.32 Å². The summed E-state index contributed by atoms with van der Waals surface area (Å²) < 4.78 is 12.9. The summed E-state index contributed by atoms with van der Waals surface area (Å²) in [6.45, 7) is 0. The number of nitrogens with zero attached hydrogens (tertiary/aromatic N) is 1. The van der Waals surface area contributed by atoms with Crippen molar-refractivity contribution in [1.82, 2.24) is 0 Å². The van der Waals surface area contributed by atoms with Crippen LogP contribution in [0.4, 0.5) is 10.1 Å². The number of carboxylic acid groups (broad SMARTS) is 1. The van der Waals surface area contributed by atoms with Crippen LogP contribution in [0.3, 0.4) is 0 Å². The van der Waals surface area contributed by atoms with Gasteiger partial charge in [-0.2, -0.15) is 5.26 Å². The average molecular weight is 236 g/mol. The molecule has 6 heteroatoms. The summed E-state index contributed by atoms with van der Waals surface area (Å²) >= 11 is 0. The summed E-state index contributed by atoms with van der Waals surface area (Å²) in [7, 11) is 0. The SMILES string of the molecule is N#Cc1cc(NC(=O)CCC(=O)O)ccc1F. The van der Waals surface area contributed by atoms with Crippen LogP contribution in [-0.2, 0) is 9.59 Å². The molecular weight excluding hydrogens is 227 g/mol. The van der Waals surface area contributed by atoms with Crippen molar-refractivity contribution in [2.45, 2.75) is 12.8 Å². The number of nitrogens with one attached hydrogen (secondary N) is 1. The molecule has 1 aromatic rings. The average Bonchev–Trinajstić information content (AvgIpc) is 2.29. The fourth-order valence-corrected chi connectivity index (χ4v) is 1.13. The summed E-state index contributed by atoms with van der Waals surface area (Å²) in [5, 5.41) is 19.3. The molecule has 0 aliphatic heterocycles. The summed E-state index contributed by atoms with van der Waals surface area (Å²) in [6.07, 6.45) is -0.452. The number of hydrogen-bond acceptors (Lipinski definition) is 3. The number of aliphatic carboxylic acids is 1. The monoisotopic (exact) mass is 236 g/mol. The maximum Gasteiger partial charge on any atom is 0.303 e. The van der Waals surface area contributed by atoms with Crippen LogP contribution < -0.4 is 5.32 Å². The Labute approximate surface area is 96.5 Å². The topological polar surface area (TPSA) is 90.2 Å². The van der Waals surface area contributed by atoms with Gasteiger partial charge in [0.15, 0.2) is 0 Å². The van der Waals surface area contributed by atoms with Crippen molar-refractivity contribution < 1.29 is 19.1 Å². The van der Waals surface area contributed by atoms with Crippen molar-refractivity contribution >= 4 is 17.6 Å². The molecule has 1 amide bonds. The van der Waals surface area contributed by atoms with Gasteiger partial charge < -0.3 is 10.4 Å². The Morgan fingerprint density at radius 1 is 1.41 bits per heavy atom. The van der Waals surface area contributed by atoms with Gasteiger partial charge in [0, 0.05) is 12.1 Å². The summed E-state index contributed by atoms with van der Waals surface area (Å²) in [5.74, 6) is -2.24. The van der Waals surface area contributed by atoms with Crippen LogP contribution >= 0.6 is 0 Å². The highest BCUT2D eigenvalue weighted by Gasteiger charge is 2.07. The molecule has 0 unspecified atom stereocenters. The van der Waals surface area contributed by atoms with Gasteiger partial charge in [-0.3, -0.25) is 9.59 Å². The number of carbonyl (C=O) groups is 2. The highest BCUT2D eigenvalue weighted by atomic mass is 19.1. The fraction of sp³-hybridized carbons (Fsp3) is 0.182. The Morgan fingerprint density at radius 2 is 2.12 bits per heavy atom. The van der Waals surface area contributed by atoms with E-state index >= 15 is 0 Å². The number of hydrogen-bond donors (Lipinski definition) is 2. The number of anilines is 1. The molecule has 17 heavy (non-hydrogen) atoms. The maximum atomic E-state index is 12.9. The molecule has 0 aromatic heterocycles. The van der Waals surface area contributed by atoms with E-state index in [1.807, 2.05) is 0 Å². The third-order valence-electron chi connectivity index (χ3n) is 1.94. The fourth-order valence-electron chi connectivity index (χ4n) is 1.13. The lowest BCUT2D eigenvalue weighted by Crippen LogP contribution is -2.13. The molecule has 0 spiro atoms. The number of rotatable bonds is 4. The van der Waals surface area contributed by atoms with Gasteiger partial charge in [-0.25, -0.2) is 4.39 Å². The van der Waals surface area contributed by atoms with Crippen molar-refractivity contribution in [1.29, 1.82) is 5.26 Å². The molecule has 0 aliphatic rings. The number of benzene rings is 1. The quantitative estimate of drug-likeness (QED) is 0.828. The van der Waals surface area contributed by atoms with E-state index in [4.69, 9.17) is 10.4 Å². The first-order valence-corrected chi connectivity index (χ1v) is 4.74.